The van der Waals surface area contributed by atoms with E-state index >= 15 is 0 Å². The van der Waals surface area contributed by atoms with Crippen LogP contribution in [0.25, 0.3) is 0 Å². The molecule has 0 unspecified atom stereocenters. The van der Waals surface area contributed by atoms with Gasteiger partial charge in [0.25, 0.3) is 5.91 Å². The van der Waals surface area contributed by atoms with Gasteiger partial charge in [-0.3, -0.25) is 14.6 Å². The van der Waals surface area contributed by atoms with Crippen molar-refractivity contribution in [3.63, 3.8) is 0 Å². The molecule has 5 heterocycles. The lowest BCUT2D eigenvalue weighted by Crippen LogP contribution is -2.55. The maximum Gasteiger partial charge on any atom is 0.274 e. The largest absolute Gasteiger partial charge is 0.489 e. The maximum atomic E-state index is 13.2. The minimum Gasteiger partial charge on any atom is -0.489 e. The molecule has 0 aromatic carbocycles. The Labute approximate surface area is 199 Å². The third-order valence-corrected chi connectivity index (χ3v) is 6.73. The molecule has 3 aliphatic heterocycles. The average molecular weight is 472 g/mol. The van der Waals surface area contributed by atoms with Gasteiger partial charge in [0.05, 0.1) is 44.7 Å². The number of fused-ring (bicyclic) bond motifs is 4. The Morgan fingerprint density at radius 3 is 2.88 bits per heavy atom. The molecule has 3 aliphatic rings. The van der Waals surface area contributed by atoms with Crippen LogP contribution in [0.3, 0.4) is 0 Å². The van der Waals surface area contributed by atoms with Crippen molar-refractivity contribution in [2.45, 2.75) is 44.7 Å². The normalized spacial score (nSPS) is 25.1. The molecule has 0 saturated carbocycles. The van der Waals surface area contributed by atoms with Crippen LogP contribution in [0, 0.1) is 0 Å². The molecule has 2 saturated heterocycles. The van der Waals surface area contributed by atoms with E-state index in [0.29, 0.717) is 32.1 Å². The molecule has 0 aliphatic carbocycles. The van der Waals surface area contributed by atoms with Crippen molar-refractivity contribution < 1.29 is 19.0 Å². The summed E-state index contributed by atoms with van der Waals surface area (Å²) in [6.07, 6.45) is 3.31. The SMILES string of the molecule is CC(C)(CN1C[C@@H]2NC(=O)c3ncccc3OCCn3cc(nn3)CO[C@H]2C1)N1CCOCC1. The molecule has 5 rings (SSSR count). The first kappa shape index (κ1) is 23.2. The quantitative estimate of drug-likeness (QED) is 0.671. The summed E-state index contributed by atoms with van der Waals surface area (Å²) in [4.78, 5) is 22.3. The fourth-order valence-corrected chi connectivity index (χ4v) is 4.97. The van der Waals surface area contributed by atoms with E-state index in [1.807, 2.05) is 6.20 Å². The van der Waals surface area contributed by atoms with E-state index in [4.69, 9.17) is 14.2 Å². The standard InChI is InChI=1S/C23H33N7O4/c1-23(2,29-6-9-32-10-7-29)16-28-13-18-20(14-28)34-15-17-12-30(27-26-17)8-11-33-19-4-3-5-24-21(19)22(31)25-18/h3-5,12,18,20H,6-11,13-16H2,1-2H3,(H,25,31)/t18-,20-/m0/s1. The van der Waals surface area contributed by atoms with Gasteiger partial charge in [-0.25, -0.2) is 9.67 Å². The van der Waals surface area contributed by atoms with E-state index < -0.39 is 0 Å². The minimum absolute atomic E-state index is 0.0172. The second kappa shape index (κ2) is 9.95. The average Bonchev–Trinajstić information content (AvgIpc) is 3.44. The fraction of sp³-hybridized carbons (Fsp3) is 0.652. The monoisotopic (exact) mass is 471 g/mol. The van der Waals surface area contributed by atoms with Crippen LogP contribution in [0.5, 0.6) is 5.75 Å². The third-order valence-electron chi connectivity index (χ3n) is 6.73. The second-order valence-electron chi connectivity index (χ2n) is 9.71. The molecule has 11 heteroatoms. The molecule has 2 aromatic rings. The van der Waals surface area contributed by atoms with Crippen LogP contribution in [0.15, 0.2) is 24.5 Å². The van der Waals surface area contributed by atoms with Crippen LogP contribution in [0.2, 0.25) is 0 Å². The van der Waals surface area contributed by atoms with Gasteiger partial charge in [0.2, 0.25) is 0 Å². The zero-order chi connectivity index (χ0) is 23.5. The number of nitrogens with zero attached hydrogens (tertiary/aromatic N) is 6. The Bertz CT molecular complexity index is 991. The molecule has 2 aromatic heterocycles. The number of aromatic nitrogens is 4. The van der Waals surface area contributed by atoms with Crippen LogP contribution in [-0.4, -0.2) is 106 Å². The Morgan fingerprint density at radius 2 is 2.03 bits per heavy atom. The van der Waals surface area contributed by atoms with Crippen molar-refractivity contribution >= 4 is 5.91 Å². The minimum atomic E-state index is -0.252. The Morgan fingerprint density at radius 1 is 1.18 bits per heavy atom. The summed E-state index contributed by atoms with van der Waals surface area (Å²) in [5.74, 6) is 0.204. The zero-order valence-corrected chi connectivity index (χ0v) is 19.9. The number of rotatable bonds is 3. The van der Waals surface area contributed by atoms with E-state index in [9.17, 15) is 4.79 Å². The van der Waals surface area contributed by atoms with Crippen molar-refractivity contribution in [3.05, 3.63) is 35.9 Å². The number of carbonyl (C=O) groups excluding carboxylic acids is 1. The van der Waals surface area contributed by atoms with Crippen molar-refractivity contribution in [2.75, 3.05) is 52.5 Å². The van der Waals surface area contributed by atoms with E-state index in [2.05, 4.69) is 44.3 Å². The Hall–Kier alpha value is -2.60. The first-order valence-corrected chi connectivity index (χ1v) is 11.9. The molecule has 2 fully saturated rings. The van der Waals surface area contributed by atoms with Crippen LogP contribution in [-0.2, 0) is 22.6 Å². The molecular weight excluding hydrogens is 438 g/mol. The van der Waals surface area contributed by atoms with E-state index in [0.717, 1.165) is 45.1 Å². The summed E-state index contributed by atoms with van der Waals surface area (Å²) >= 11 is 0. The van der Waals surface area contributed by atoms with Crippen molar-refractivity contribution in [3.8, 4) is 5.75 Å². The molecule has 1 amide bonds. The highest BCUT2D eigenvalue weighted by atomic mass is 16.5. The number of carbonyl (C=O) groups is 1. The molecule has 0 radical (unpaired) electrons. The maximum absolute atomic E-state index is 13.2. The molecule has 0 spiro atoms. The van der Waals surface area contributed by atoms with Gasteiger partial charge in [-0.1, -0.05) is 5.21 Å². The molecule has 2 atom stereocenters. The lowest BCUT2D eigenvalue weighted by Gasteiger charge is -2.42. The highest BCUT2D eigenvalue weighted by Crippen LogP contribution is 2.24. The fourth-order valence-electron chi connectivity index (χ4n) is 4.97. The van der Waals surface area contributed by atoms with Crippen molar-refractivity contribution in [1.29, 1.82) is 0 Å². The summed E-state index contributed by atoms with van der Waals surface area (Å²) in [5.41, 5.74) is 1.03. The number of hydrogen-bond donors (Lipinski definition) is 1. The van der Waals surface area contributed by atoms with Gasteiger partial charge in [0.15, 0.2) is 11.4 Å². The van der Waals surface area contributed by atoms with Gasteiger partial charge in [0, 0.05) is 44.5 Å². The van der Waals surface area contributed by atoms with E-state index in [1.165, 1.54) is 0 Å². The molecule has 1 N–H and O–H groups in total. The summed E-state index contributed by atoms with van der Waals surface area (Å²) in [6, 6.07) is 3.35. The number of pyridine rings is 1. The number of nitrogens with one attached hydrogen (secondary N) is 1. The van der Waals surface area contributed by atoms with Crippen LogP contribution < -0.4 is 10.1 Å². The van der Waals surface area contributed by atoms with Gasteiger partial charge >= 0.3 is 0 Å². The number of hydrogen-bond acceptors (Lipinski definition) is 9. The Kier molecular flexibility index (Phi) is 6.77. The van der Waals surface area contributed by atoms with E-state index in [-0.39, 0.29) is 29.3 Å². The van der Waals surface area contributed by atoms with Crippen molar-refractivity contribution in [1.82, 2.24) is 35.1 Å². The summed E-state index contributed by atoms with van der Waals surface area (Å²) < 4.78 is 19.4. The second-order valence-corrected chi connectivity index (χ2v) is 9.71. The van der Waals surface area contributed by atoms with Gasteiger partial charge in [-0.05, 0) is 26.0 Å². The summed E-state index contributed by atoms with van der Waals surface area (Å²) in [5, 5.41) is 11.5. The molecule has 11 nitrogen and oxygen atoms in total. The Balaban J connectivity index is 1.34. The molecule has 184 valence electrons. The molecule has 34 heavy (non-hydrogen) atoms. The first-order valence-electron chi connectivity index (χ1n) is 11.9. The van der Waals surface area contributed by atoms with Crippen molar-refractivity contribution in [2.24, 2.45) is 0 Å². The topological polar surface area (TPSA) is 107 Å². The number of ether oxygens (including phenoxy) is 3. The number of likely N-dealkylation sites (tertiary alicyclic amines) is 1. The first-order chi connectivity index (χ1) is 16.5. The predicted molar refractivity (Wildman–Crippen MR) is 122 cm³/mol. The van der Waals surface area contributed by atoms with Gasteiger partial charge < -0.3 is 19.5 Å². The third kappa shape index (κ3) is 5.22. The highest BCUT2D eigenvalue weighted by molar-refractivity contribution is 5.95. The lowest BCUT2D eigenvalue weighted by molar-refractivity contribution is -0.0221. The predicted octanol–water partition coefficient (Wildman–Crippen LogP) is 0.176. The molecule has 2 bridgehead atoms. The highest BCUT2D eigenvalue weighted by Gasteiger charge is 2.39. The summed E-state index contributed by atoms with van der Waals surface area (Å²) in [6.45, 7) is 11.4. The summed E-state index contributed by atoms with van der Waals surface area (Å²) in [7, 11) is 0. The van der Waals surface area contributed by atoms with Gasteiger partial charge in [-0.2, -0.15) is 0 Å². The van der Waals surface area contributed by atoms with Crippen LogP contribution in [0.1, 0.15) is 30.0 Å². The molecular formula is C23H33N7O4. The smallest absolute Gasteiger partial charge is 0.274 e. The van der Waals surface area contributed by atoms with Crippen LogP contribution in [0.4, 0.5) is 0 Å². The number of amides is 1. The van der Waals surface area contributed by atoms with Gasteiger partial charge in [0.1, 0.15) is 12.3 Å². The zero-order valence-electron chi connectivity index (χ0n) is 19.9. The van der Waals surface area contributed by atoms with E-state index in [1.54, 1.807) is 23.0 Å². The van der Waals surface area contributed by atoms with Crippen LogP contribution >= 0.6 is 0 Å². The van der Waals surface area contributed by atoms with Gasteiger partial charge in [-0.15, -0.1) is 5.10 Å². The number of morpholine rings is 1. The lowest BCUT2D eigenvalue weighted by atomic mass is 10.0.